The lowest BCUT2D eigenvalue weighted by Gasteiger charge is -2.11. The van der Waals surface area contributed by atoms with E-state index in [9.17, 15) is 0 Å². The van der Waals surface area contributed by atoms with Crippen molar-refractivity contribution in [3.63, 3.8) is 0 Å². The van der Waals surface area contributed by atoms with E-state index < -0.39 is 0 Å². The minimum Gasteiger partial charge on any atom is -0.383 e. The quantitative estimate of drug-likeness (QED) is 0.749. The third-order valence-electron chi connectivity index (χ3n) is 2.73. The fraction of sp³-hybridized carbons (Fsp3) is 0.429. The van der Waals surface area contributed by atoms with E-state index in [1.54, 1.807) is 7.11 Å². The average Bonchev–Trinajstić information content (AvgIpc) is 2.45. The lowest BCUT2D eigenvalue weighted by Crippen LogP contribution is -2.11. The molecule has 0 aliphatic carbocycles. The van der Waals surface area contributed by atoms with Crippen LogP contribution in [0.1, 0.15) is 13.3 Å². The molecule has 0 unspecified atom stereocenters. The van der Waals surface area contributed by atoms with Crippen molar-refractivity contribution in [1.29, 1.82) is 0 Å². The first-order valence-electron chi connectivity index (χ1n) is 6.58. The number of aromatic nitrogens is 2. The Morgan fingerprint density at radius 2 is 1.95 bits per heavy atom. The Morgan fingerprint density at radius 3 is 2.74 bits per heavy atom. The van der Waals surface area contributed by atoms with E-state index in [4.69, 9.17) is 4.74 Å². The third kappa shape index (κ3) is 3.54. The highest BCUT2D eigenvalue weighted by molar-refractivity contribution is 5.89. The molecule has 0 aliphatic rings. The van der Waals surface area contributed by atoms with Gasteiger partial charge in [-0.15, -0.1) is 0 Å². The van der Waals surface area contributed by atoms with Gasteiger partial charge in [-0.2, -0.15) is 4.98 Å². The average molecular weight is 260 g/mol. The molecule has 0 fully saturated rings. The first-order valence-corrected chi connectivity index (χ1v) is 6.58. The summed E-state index contributed by atoms with van der Waals surface area (Å²) in [6.45, 7) is 4.36. The van der Waals surface area contributed by atoms with E-state index >= 15 is 0 Å². The number of rotatable bonds is 7. The van der Waals surface area contributed by atoms with Gasteiger partial charge >= 0.3 is 0 Å². The van der Waals surface area contributed by atoms with Crippen LogP contribution in [0.4, 0.5) is 11.8 Å². The summed E-state index contributed by atoms with van der Waals surface area (Å²) in [6, 6.07) is 7.99. The van der Waals surface area contributed by atoms with E-state index in [1.807, 2.05) is 24.3 Å². The predicted molar refractivity (Wildman–Crippen MR) is 78.7 cm³/mol. The minimum atomic E-state index is 0.649. The predicted octanol–water partition coefficient (Wildman–Crippen LogP) is 2.51. The third-order valence-corrected chi connectivity index (χ3v) is 2.73. The number of nitrogens with zero attached hydrogens (tertiary/aromatic N) is 2. The van der Waals surface area contributed by atoms with Gasteiger partial charge in [0.25, 0.3) is 0 Å². The van der Waals surface area contributed by atoms with Gasteiger partial charge in [0.1, 0.15) is 5.82 Å². The van der Waals surface area contributed by atoms with Crippen molar-refractivity contribution in [2.75, 3.05) is 37.4 Å². The summed E-state index contributed by atoms with van der Waals surface area (Å²) in [5.41, 5.74) is 0.941. The van der Waals surface area contributed by atoms with Crippen molar-refractivity contribution in [2.24, 2.45) is 0 Å². The van der Waals surface area contributed by atoms with Crippen LogP contribution in [0, 0.1) is 0 Å². The zero-order valence-electron chi connectivity index (χ0n) is 11.4. The molecule has 0 spiro atoms. The molecule has 0 amide bonds. The van der Waals surface area contributed by atoms with Gasteiger partial charge in [0.15, 0.2) is 0 Å². The molecule has 1 heterocycles. The highest BCUT2D eigenvalue weighted by Crippen LogP contribution is 2.21. The lowest BCUT2D eigenvalue weighted by molar-refractivity contribution is 0.210. The number of hydrogen-bond acceptors (Lipinski definition) is 5. The largest absolute Gasteiger partial charge is 0.383 e. The maximum atomic E-state index is 5.05. The summed E-state index contributed by atoms with van der Waals surface area (Å²) in [5, 5.41) is 7.54. The molecule has 0 aliphatic heterocycles. The van der Waals surface area contributed by atoms with Crippen LogP contribution in [0.15, 0.2) is 24.3 Å². The number of ether oxygens (including phenoxy) is 1. The summed E-state index contributed by atoms with van der Waals surface area (Å²) in [6.07, 6.45) is 1.04. The van der Waals surface area contributed by atoms with Crippen molar-refractivity contribution in [3.05, 3.63) is 24.3 Å². The monoisotopic (exact) mass is 260 g/mol. The second kappa shape index (κ2) is 6.89. The molecular formula is C14H20N4O. The van der Waals surface area contributed by atoms with E-state index in [2.05, 4.69) is 27.5 Å². The summed E-state index contributed by atoms with van der Waals surface area (Å²) >= 11 is 0. The number of anilines is 2. The molecule has 5 heteroatoms. The number of para-hydroxylation sites is 1. The zero-order chi connectivity index (χ0) is 13.5. The van der Waals surface area contributed by atoms with E-state index in [0.717, 1.165) is 36.2 Å². The summed E-state index contributed by atoms with van der Waals surface area (Å²) in [5.74, 6) is 1.52. The number of benzene rings is 1. The summed E-state index contributed by atoms with van der Waals surface area (Å²) in [4.78, 5) is 9.03. The molecule has 0 saturated heterocycles. The standard InChI is InChI=1S/C14H20N4O/c1-3-8-16-14-17-12-7-5-4-6-11(12)13(18-14)15-9-10-19-2/h4-7H,3,8-10H2,1-2H3,(H2,15,16,17,18). The Kier molecular flexibility index (Phi) is 4.92. The van der Waals surface area contributed by atoms with Gasteiger partial charge in [-0.3, -0.25) is 0 Å². The first kappa shape index (κ1) is 13.5. The molecule has 5 nitrogen and oxygen atoms in total. The van der Waals surface area contributed by atoms with Crippen molar-refractivity contribution >= 4 is 22.7 Å². The van der Waals surface area contributed by atoms with Crippen LogP contribution >= 0.6 is 0 Å². The van der Waals surface area contributed by atoms with Crippen LogP contribution in [-0.2, 0) is 4.74 Å². The molecular weight excluding hydrogens is 240 g/mol. The van der Waals surface area contributed by atoms with Crippen LogP contribution < -0.4 is 10.6 Å². The maximum absolute atomic E-state index is 5.05. The fourth-order valence-electron chi connectivity index (χ4n) is 1.80. The van der Waals surface area contributed by atoms with Crippen molar-refractivity contribution < 1.29 is 4.74 Å². The Labute approximate surface area is 113 Å². The first-order chi connectivity index (χ1) is 9.35. The molecule has 19 heavy (non-hydrogen) atoms. The van der Waals surface area contributed by atoms with Crippen LogP contribution in [0.2, 0.25) is 0 Å². The smallest absolute Gasteiger partial charge is 0.225 e. The highest BCUT2D eigenvalue weighted by Gasteiger charge is 2.06. The zero-order valence-corrected chi connectivity index (χ0v) is 11.4. The minimum absolute atomic E-state index is 0.649. The second-order valence-electron chi connectivity index (χ2n) is 4.26. The topological polar surface area (TPSA) is 59.1 Å². The Morgan fingerprint density at radius 1 is 1.11 bits per heavy atom. The molecule has 0 atom stereocenters. The summed E-state index contributed by atoms with van der Waals surface area (Å²) < 4.78 is 5.05. The van der Waals surface area contributed by atoms with Gasteiger partial charge in [-0.1, -0.05) is 19.1 Å². The molecule has 2 rings (SSSR count). The lowest BCUT2D eigenvalue weighted by atomic mass is 10.2. The Bertz CT molecular complexity index is 530. The second-order valence-corrected chi connectivity index (χ2v) is 4.26. The Balaban J connectivity index is 2.28. The molecule has 2 N–H and O–H groups in total. The number of hydrogen-bond donors (Lipinski definition) is 2. The van der Waals surface area contributed by atoms with E-state index in [-0.39, 0.29) is 0 Å². The summed E-state index contributed by atoms with van der Waals surface area (Å²) in [7, 11) is 1.69. The Hall–Kier alpha value is -1.88. The molecule has 102 valence electrons. The van der Waals surface area contributed by atoms with E-state index in [1.165, 1.54) is 0 Å². The van der Waals surface area contributed by atoms with Gasteiger partial charge < -0.3 is 15.4 Å². The molecule has 0 saturated carbocycles. The number of methoxy groups -OCH3 is 1. The highest BCUT2D eigenvalue weighted by atomic mass is 16.5. The van der Waals surface area contributed by atoms with Crippen LogP contribution in [0.25, 0.3) is 10.9 Å². The molecule has 0 radical (unpaired) electrons. The van der Waals surface area contributed by atoms with Gasteiger partial charge in [0.2, 0.25) is 5.95 Å². The van der Waals surface area contributed by atoms with Gasteiger partial charge in [-0.05, 0) is 18.6 Å². The van der Waals surface area contributed by atoms with E-state index in [0.29, 0.717) is 12.6 Å². The fourth-order valence-corrected chi connectivity index (χ4v) is 1.80. The maximum Gasteiger partial charge on any atom is 0.225 e. The van der Waals surface area contributed by atoms with Gasteiger partial charge in [0, 0.05) is 25.6 Å². The van der Waals surface area contributed by atoms with Crippen molar-refractivity contribution in [2.45, 2.75) is 13.3 Å². The van der Waals surface area contributed by atoms with Gasteiger partial charge in [0.05, 0.1) is 12.1 Å². The van der Waals surface area contributed by atoms with Crippen LogP contribution in [0.5, 0.6) is 0 Å². The van der Waals surface area contributed by atoms with Crippen molar-refractivity contribution in [1.82, 2.24) is 9.97 Å². The van der Waals surface area contributed by atoms with Crippen LogP contribution in [0.3, 0.4) is 0 Å². The number of nitrogens with one attached hydrogen (secondary N) is 2. The van der Waals surface area contributed by atoms with Crippen molar-refractivity contribution in [3.8, 4) is 0 Å². The number of fused-ring (bicyclic) bond motifs is 1. The van der Waals surface area contributed by atoms with Crippen LogP contribution in [-0.4, -0.2) is 36.8 Å². The SMILES string of the molecule is CCCNc1nc(NCCOC)c2ccccc2n1. The normalized spacial score (nSPS) is 10.6. The molecule has 0 bridgehead atoms. The molecule has 1 aromatic carbocycles. The molecule has 1 aromatic heterocycles. The van der Waals surface area contributed by atoms with Gasteiger partial charge in [-0.25, -0.2) is 4.98 Å². The molecule has 2 aromatic rings.